The molecule has 0 aliphatic carbocycles. The van der Waals surface area contributed by atoms with Crippen molar-refractivity contribution in [3.8, 4) is 5.75 Å². The van der Waals surface area contributed by atoms with E-state index >= 15 is 0 Å². The lowest BCUT2D eigenvalue weighted by Gasteiger charge is -2.13. The van der Waals surface area contributed by atoms with E-state index < -0.39 is 0 Å². The second kappa shape index (κ2) is 10.1. The van der Waals surface area contributed by atoms with Crippen LogP contribution in [0.3, 0.4) is 0 Å². The van der Waals surface area contributed by atoms with E-state index in [9.17, 15) is 4.79 Å². The van der Waals surface area contributed by atoms with Crippen LogP contribution < -0.4 is 26.6 Å². The number of hydrazine groups is 1. The van der Waals surface area contributed by atoms with Gasteiger partial charge in [0.15, 0.2) is 11.6 Å². The van der Waals surface area contributed by atoms with Crippen molar-refractivity contribution in [1.82, 2.24) is 15.4 Å². The Bertz CT molecular complexity index is 974. The molecule has 0 aliphatic heterocycles. The summed E-state index contributed by atoms with van der Waals surface area (Å²) < 4.78 is 5.09. The van der Waals surface area contributed by atoms with Crippen molar-refractivity contribution in [2.24, 2.45) is 0 Å². The number of hydrogen-bond donors (Lipinski definition) is 4. The fraction of sp³-hybridized carbons (Fsp3) is 0.227. The molecule has 0 spiro atoms. The molecule has 30 heavy (non-hydrogen) atoms. The van der Waals surface area contributed by atoms with Crippen LogP contribution in [0.25, 0.3) is 0 Å². The van der Waals surface area contributed by atoms with Gasteiger partial charge in [0.05, 0.1) is 7.11 Å². The first-order valence-electron chi connectivity index (χ1n) is 9.77. The molecule has 8 heteroatoms. The summed E-state index contributed by atoms with van der Waals surface area (Å²) in [6.07, 6.45) is 4.77. The Labute approximate surface area is 175 Å². The summed E-state index contributed by atoms with van der Waals surface area (Å²) in [7, 11) is 1.57. The Morgan fingerprint density at radius 2 is 1.73 bits per heavy atom. The maximum Gasteiger partial charge on any atom is 0.269 e. The minimum absolute atomic E-state index is 0.294. The highest BCUT2D eigenvalue weighted by molar-refractivity contribution is 5.95. The fourth-order valence-electron chi connectivity index (χ4n) is 2.80. The van der Waals surface area contributed by atoms with Crippen molar-refractivity contribution < 1.29 is 9.53 Å². The quantitative estimate of drug-likeness (QED) is 0.398. The zero-order chi connectivity index (χ0) is 21.3. The number of aromatic nitrogens is 2. The number of methoxy groups -OCH3 is 1. The lowest BCUT2D eigenvalue weighted by molar-refractivity contribution is 0.0962. The molecule has 0 atom stereocenters. The average molecular weight is 406 g/mol. The molecular weight excluding hydrogens is 380 g/mol. The molecule has 0 saturated heterocycles. The van der Waals surface area contributed by atoms with Crippen molar-refractivity contribution in [3.05, 3.63) is 66.0 Å². The number of ether oxygens (including phenoxy) is 1. The topological polar surface area (TPSA) is 114 Å². The predicted molar refractivity (Wildman–Crippen MR) is 119 cm³/mol. The SMILES string of the molecule is CCCCc1ccc(Nc2ncnc(NNC(=O)c3ccc(OC)cc3)c2N)cc1. The second-order valence-corrected chi connectivity index (χ2v) is 6.72. The van der Waals surface area contributed by atoms with Crippen LogP contribution in [0.15, 0.2) is 54.9 Å². The molecule has 0 aliphatic rings. The minimum Gasteiger partial charge on any atom is -0.497 e. The Morgan fingerprint density at radius 1 is 1.03 bits per heavy atom. The Kier molecular flexibility index (Phi) is 7.05. The third kappa shape index (κ3) is 5.38. The van der Waals surface area contributed by atoms with Gasteiger partial charge in [0.25, 0.3) is 5.91 Å². The standard InChI is InChI=1S/C22H26N6O2/c1-3-4-5-15-6-10-17(11-7-15)26-20-19(23)21(25-14-24-20)27-28-22(29)16-8-12-18(30-2)13-9-16/h6-14H,3-5,23H2,1-2H3,(H,28,29)(H2,24,25,26,27). The van der Waals surface area contributed by atoms with E-state index in [1.807, 2.05) is 12.1 Å². The number of carbonyl (C=O) groups is 1. The highest BCUT2D eigenvalue weighted by atomic mass is 16.5. The van der Waals surface area contributed by atoms with Gasteiger partial charge in [0.2, 0.25) is 0 Å². The summed E-state index contributed by atoms with van der Waals surface area (Å²) in [5.41, 5.74) is 14.4. The number of anilines is 4. The van der Waals surface area contributed by atoms with Crippen molar-refractivity contribution >= 4 is 28.9 Å². The van der Waals surface area contributed by atoms with Gasteiger partial charge < -0.3 is 15.8 Å². The number of hydrogen-bond acceptors (Lipinski definition) is 7. The first-order chi connectivity index (χ1) is 14.6. The third-order valence-corrected chi connectivity index (χ3v) is 4.57. The number of benzene rings is 2. The van der Waals surface area contributed by atoms with Gasteiger partial charge in [-0.2, -0.15) is 0 Å². The largest absolute Gasteiger partial charge is 0.497 e. The molecule has 0 fully saturated rings. The number of nitrogens with one attached hydrogen (secondary N) is 3. The first kappa shape index (κ1) is 20.9. The van der Waals surface area contributed by atoms with Crippen LogP contribution in [0.1, 0.15) is 35.7 Å². The Morgan fingerprint density at radius 3 is 2.40 bits per heavy atom. The molecule has 0 saturated carbocycles. The molecule has 3 aromatic rings. The normalized spacial score (nSPS) is 10.3. The van der Waals surface area contributed by atoms with E-state index in [2.05, 4.69) is 45.2 Å². The zero-order valence-corrected chi connectivity index (χ0v) is 17.1. The summed E-state index contributed by atoms with van der Waals surface area (Å²) >= 11 is 0. The molecule has 1 aromatic heterocycles. The van der Waals surface area contributed by atoms with E-state index in [4.69, 9.17) is 10.5 Å². The molecule has 1 heterocycles. The van der Waals surface area contributed by atoms with Crippen molar-refractivity contribution in [2.75, 3.05) is 23.6 Å². The molecule has 156 valence electrons. The number of unbranched alkanes of at least 4 members (excludes halogenated alkanes) is 1. The number of aryl methyl sites for hydroxylation is 1. The lowest BCUT2D eigenvalue weighted by atomic mass is 10.1. The Balaban J connectivity index is 1.63. The van der Waals surface area contributed by atoms with Crippen LogP contribution in [-0.2, 0) is 6.42 Å². The average Bonchev–Trinajstić information content (AvgIpc) is 2.79. The van der Waals surface area contributed by atoms with E-state index in [0.29, 0.717) is 28.6 Å². The molecular formula is C22H26N6O2. The van der Waals surface area contributed by atoms with Gasteiger partial charge in [0, 0.05) is 11.3 Å². The molecule has 1 amide bonds. The van der Waals surface area contributed by atoms with Crippen molar-refractivity contribution in [2.45, 2.75) is 26.2 Å². The Hall–Kier alpha value is -3.81. The summed E-state index contributed by atoms with van der Waals surface area (Å²) in [6.45, 7) is 2.18. The van der Waals surface area contributed by atoms with Crippen LogP contribution in [0, 0.1) is 0 Å². The number of carbonyl (C=O) groups excluding carboxylic acids is 1. The monoisotopic (exact) mass is 406 g/mol. The van der Waals surface area contributed by atoms with E-state index in [1.54, 1.807) is 31.4 Å². The molecule has 8 nitrogen and oxygen atoms in total. The van der Waals surface area contributed by atoms with Crippen LogP contribution in [0.2, 0.25) is 0 Å². The molecule has 2 aromatic carbocycles. The number of nitrogen functional groups attached to an aromatic ring is 1. The number of nitrogens with two attached hydrogens (primary N) is 1. The smallest absolute Gasteiger partial charge is 0.269 e. The van der Waals surface area contributed by atoms with Crippen molar-refractivity contribution in [3.63, 3.8) is 0 Å². The van der Waals surface area contributed by atoms with Crippen LogP contribution in [0.4, 0.5) is 23.0 Å². The van der Waals surface area contributed by atoms with Gasteiger partial charge >= 0.3 is 0 Å². The van der Waals surface area contributed by atoms with E-state index in [1.165, 1.54) is 24.7 Å². The van der Waals surface area contributed by atoms with E-state index in [-0.39, 0.29) is 5.91 Å². The summed E-state index contributed by atoms with van der Waals surface area (Å²) in [6, 6.07) is 14.9. The number of amides is 1. The van der Waals surface area contributed by atoms with Gasteiger partial charge in [0.1, 0.15) is 17.8 Å². The molecule has 0 unspecified atom stereocenters. The van der Waals surface area contributed by atoms with Gasteiger partial charge in [-0.25, -0.2) is 9.97 Å². The molecule has 3 rings (SSSR count). The molecule has 5 N–H and O–H groups in total. The second-order valence-electron chi connectivity index (χ2n) is 6.72. The number of nitrogens with zero attached hydrogens (tertiary/aromatic N) is 2. The molecule has 0 bridgehead atoms. The summed E-state index contributed by atoms with van der Waals surface area (Å²) in [4.78, 5) is 20.6. The third-order valence-electron chi connectivity index (χ3n) is 4.57. The number of rotatable bonds is 9. The summed E-state index contributed by atoms with van der Waals surface area (Å²) in [5.74, 6) is 1.10. The van der Waals surface area contributed by atoms with Crippen LogP contribution in [-0.4, -0.2) is 23.0 Å². The van der Waals surface area contributed by atoms with Gasteiger partial charge in [-0.05, 0) is 54.8 Å². The highest BCUT2D eigenvalue weighted by Crippen LogP contribution is 2.25. The first-order valence-corrected chi connectivity index (χ1v) is 9.77. The molecule has 0 radical (unpaired) electrons. The van der Waals surface area contributed by atoms with Gasteiger partial charge in [-0.15, -0.1) is 0 Å². The maximum atomic E-state index is 12.3. The van der Waals surface area contributed by atoms with Crippen molar-refractivity contribution in [1.29, 1.82) is 0 Å². The zero-order valence-electron chi connectivity index (χ0n) is 17.1. The van der Waals surface area contributed by atoms with Gasteiger partial charge in [-0.1, -0.05) is 25.5 Å². The fourth-order valence-corrected chi connectivity index (χ4v) is 2.80. The highest BCUT2D eigenvalue weighted by Gasteiger charge is 2.11. The van der Waals surface area contributed by atoms with E-state index in [0.717, 1.165) is 12.1 Å². The van der Waals surface area contributed by atoms with Gasteiger partial charge in [-0.3, -0.25) is 15.6 Å². The predicted octanol–water partition coefficient (Wildman–Crippen LogP) is 3.91. The summed E-state index contributed by atoms with van der Waals surface area (Å²) in [5, 5.41) is 3.19. The lowest BCUT2D eigenvalue weighted by Crippen LogP contribution is -2.30. The van der Waals surface area contributed by atoms with Crippen LogP contribution in [0.5, 0.6) is 5.75 Å². The maximum absolute atomic E-state index is 12.3. The minimum atomic E-state index is -0.326. The van der Waals surface area contributed by atoms with Crippen LogP contribution >= 0.6 is 0 Å².